The van der Waals surface area contributed by atoms with E-state index in [1.807, 2.05) is 0 Å². The van der Waals surface area contributed by atoms with Crippen LogP contribution in [0.5, 0.6) is 0 Å². The summed E-state index contributed by atoms with van der Waals surface area (Å²) in [7, 11) is 1.64. The number of carbonyl (C=O) groups excluding carboxylic acids is 1. The normalized spacial score (nSPS) is 10.0. The number of hydrogen-bond donors (Lipinski definition) is 1. The number of nitro benzene ring substituents is 1. The number of ether oxygens (including phenoxy) is 1. The van der Waals surface area contributed by atoms with Gasteiger partial charge in [-0.1, -0.05) is 6.07 Å². The van der Waals surface area contributed by atoms with Crippen LogP contribution in [0.1, 0.15) is 12.5 Å². The lowest BCUT2D eigenvalue weighted by atomic mass is 10.2. The minimum atomic E-state index is -0.429. The van der Waals surface area contributed by atoms with Crippen molar-refractivity contribution < 1.29 is 14.5 Å². The molecule has 0 amide bonds. The predicted octanol–water partition coefficient (Wildman–Crippen LogP) is 2.43. The van der Waals surface area contributed by atoms with Gasteiger partial charge in [0.25, 0.3) is 5.69 Å². The van der Waals surface area contributed by atoms with Crippen LogP contribution in [0.2, 0.25) is 0 Å². The molecule has 0 aliphatic carbocycles. The first kappa shape index (κ1) is 15.3. The van der Waals surface area contributed by atoms with E-state index >= 15 is 0 Å². The van der Waals surface area contributed by atoms with Crippen LogP contribution in [0.3, 0.4) is 0 Å². The Morgan fingerprint density at radius 2 is 2.26 bits per heavy atom. The summed E-state index contributed by atoms with van der Waals surface area (Å²) in [6.45, 7) is 2.14. The second-order valence-corrected chi connectivity index (χ2v) is 4.64. The molecule has 0 aliphatic heterocycles. The van der Waals surface area contributed by atoms with E-state index in [2.05, 4.69) is 5.32 Å². The highest BCUT2D eigenvalue weighted by Gasteiger charge is 2.13. The Balaban J connectivity index is 2.60. The summed E-state index contributed by atoms with van der Waals surface area (Å²) in [6.07, 6.45) is 0. The molecule has 6 nitrogen and oxygen atoms in total. The van der Waals surface area contributed by atoms with Crippen LogP contribution < -0.4 is 5.32 Å². The minimum absolute atomic E-state index is 0.0432. The number of rotatable bonds is 7. The first-order chi connectivity index (χ1) is 9.08. The van der Waals surface area contributed by atoms with Crippen LogP contribution >= 0.6 is 11.8 Å². The molecule has 0 saturated heterocycles. The van der Waals surface area contributed by atoms with Crippen molar-refractivity contribution in [2.75, 3.05) is 24.7 Å². The Kier molecular flexibility index (Phi) is 6.14. The van der Waals surface area contributed by atoms with Crippen molar-refractivity contribution in [3.05, 3.63) is 33.9 Å². The molecule has 0 aliphatic rings. The topological polar surface area (TPSA) is 81.5 Å². The lowest BCUT2D eigenvalue weighted by Crippen LogP contribution is -2.06. The Hall–Kier alpha value is -1.76. The van der Waals surface area contributed by atoms with Gasteiger partial charge >= 0.3 is 5.97 Å². The Morgan fingerprint density at radius 1 is 1.53 bits per heavy atom. The molecule has 0 bridgehead atoms. The molecule has 0 aromatic heterocycles. The van der Waals surface area contributed by atoms with Gasteiger partial charge in [0, 0.05) is 18.9 Å². The average molecular weight is 284 g/mol. The van der Waals surface area contributed by atoms with E-state index in [1.54, 1.807) is 26.1 Å². The molecule has 0 unspecified atom stereocenters. The number of hydrogen-bond acceptors (Lipinski definition) is 6. The molecule has 0 heterocycles. The fourth-order valence-corrected chi connectivity index (χ4v) is 2.25. The van der Waals surface area contributed by atoms with Gasteiger partial charge in [-0.15, -0.1) is 11.8 Å². The standard InChI is InChI=1S/C12H16N2O4S/c1-3-18-12(15)8-19-7-9-4-5-11(14(16)17)10(6-9)13-2/h4-6,13H,3,7-8H2,1-2H3. The van der Waals surface area contributed by atoms with Crippen molar-refractivity contribution in [1.29, 1.82) is 0 Å². The third-order valence-electron chi connectivity index (χ3n) is 2.32. The number of nitrogens with one attached hydrogen (secondary N) is 1. The van der Waals surface area contributed by atoms with E-state index < -0.39 is 4.92 Å². The molecule has 0 saturated carbocycles. The van der Waals surface area contributed by atoms with E-state index in [0.29, 0.717) is 18.0 Å². The van der Waals surface area contributed by atoms with Crippen molar-refractivity contribution in [1.82, 2.24) is 0 Å². The van der Waals surface area contributed by atoms with Gasteiger partial charge in [0.2, 0.25) is 0 Å². The van der Waals surface area contributed by atoms with Gasteiger partial charge in [0.05, 0.1) is 17.3 Å². The highest BCUT2D eigenvalue weighted by atomic mass is 32.2. The first-order valence-electron chi connectivity index (χ1n) is 5.77. The van der Waals surface area contributed by atoms with E-state index in [-0.39, 0.29) is 17.4 Å². The van der Waals surface area contributed by atoms with Crippen LogP contribution in [0.25, 0.3) is 0 Å². The minimum Gasteiger partial charge on any atom is -0.465 e. The van der Waals surface area contributed by atoms with Crippen molar-refractivity contribution in [2.24, 2.45) is 0 Å². The summed E-state index contributed by atoms with van der Waals surface area (Å²) < 4.78 is 4.81. The summed E-state index contributed by atoms with van der Waals surface area (Å²) in [5, 5.41) is 13.6. The number of esters is 1. The zero-order chi connectivity index (χ0) is 14.3. The molecular formula is C12H16N2O4S. The molecule has 1 rings (SSSR count). The molecule has 0 spiro atoms. The molecule has 1 aromatic rings. The Labute approximate surface area is 115 Å². The molecule has 19 heavy (non-hydrogen) atoms. The number of nitro groups is 1. The monoisotopic (exact) mass is 284 g/mol. The number of thioether (sulfide) groups is 1. The highest BCUT2D eigenvalue weighted by molar-refractivity contribution is 7.99. The van der Waals surface area contributed by atoms with Gasteiger partial charge in [0.15, 0.2) is 0 Å². The van der Waals surface area contributed by atoms with E-state index in [9.17, 15) is 14.9 Å². The van der Waals surface area contributed by atoms with E-state index in [1.165, 1.54) is 17.8 Å². The second kappa shape index (κ2) is 7.63. The average Bonchev–Trinajstić information content (AvgIpc) is 2.38. The molecule has 0 atom stereocenters. The third kappa shape index (κ3) is 4.78. The molecule has 7 heteroatoms. The number of anilines is 1. The summed E-state index contributed by atoms with van der Waals surface area (Å²) in [5.74, 6) is 0.633. The lowest BCUT2D eigenvalue weighted by molar-refractivity contribution is -0.383. The van der Waals surface area contributed by atoms with Gasteiger partial charge < -0.3 is 10.1 Å². The van der Waals surface area contributed by atoms with Crippen molar-refractivity contribution in [3.8, 4) is 0 Å². The van der Waals surface area contributed by atoms with Crippen LogP contribution in [0.15, 0.2) is 18.2 Å². The molecule has 104 valence electrons. The van der Waals surface area contributed by atoms with Crippen LogP contribution in [-0.4, -0.2) is 30.3 Å². The highest BCUT2D eigenvalue weighted by Crippen LogP contribution is 2.26. The summed E-state index contributed by atoms with van der Waals surface area (Å²) in [4.78, 5) is 21.5. The fraction of sp³-hybridized carbons (Fsp3) is 0.417. The van der Waals surface area contributed by atoms with Crippen molar-refractivity contribution in [2.45, 2.75) is 12.7 Å². The van der Waals surface area contributed by atoms with Gasteiger partial charge in [0.1, 0.15) is 5.69 Å². The maximum Gasteiger partial charge on any atom is 0.315 e. The number of carbonyl (C=O) groups is 1. The van der Waals surface area contributed by atoms with Crippen molar-refractivity contribution >= 4 is 29.1 Å². The van der Waals surface area contributed by atoms with Crippen LogP contribution in [-0.2, 0) is 15.3 Å². The van der Waals surface area contributed by atoms with Crippen molar-refractivity contribution in [3.63, 3.8) is 0 Å². The van der Waals surface area contributed by atoms with Crippen LogP contribution in [0.4, 0.5) is 11.4 Å². The molecule has 1 N–H and O–H groups in total. The molecule has 1 aromatic carbocycles. The zero-order valence-electron chi connectivity index (χ0n) is 10.8. The third-order valence-corrected chi connectivity index (χ3v) is 3.30. The molecule has 0 radical (unpaired) electrons. The maximum atomic E-state index is 11.2. The predicted molar refractivity (Wildman–Crippen MR) is 75.4 cm³/mol. The van der Waals surface area contributed by atoms with E-state index in [4.69, 9.17) is 4.74 Å². The second-order valence-electron chi connectivity index (χ2n) is 3.66. The number of nitrogens with zero attached hydrogens (tertiary/aromatic N) is 1. The lowest BCUT2D eigenvalue weighted by Gasteiger charge is -2.06. The van der Waals surface area contributed by atoms with Gasteiger partial charge in [-0.05, 0) is 18.6 Å². The van der Waals surface area contributed by atoms with Gasteiger partial charge in [-0.2, -0.15) is 0 Å². The Morgan fingerprint density at radius 3 is 2.84 bits per heavy atom. The summed E-state index contributed by atoms with van der Waals surface area (Å²) in [6, 6.07) is 4.87. The SMILES string of the molecule is CCOC(=O)CSCc1ccc([N+](=O)[O-])c(NC)c1. The van der Waals surface area contributed by atoms with Crippen LogP contribution in [0, 0.1) is 10.1 Å². The molecular weight excluding hydrogens is 268 g/mol. The summed E-state index contributed by atoms with van der Waals surface area (Å²) >= 11 is 1.42. The largest absolute Gasteiger partial charge is 0.465 e. The fourth-order valence-electron chi connectivity index (χ4n) is 1.49. The van der Waals surface area contributed by atoms with E-state index in [0.717, 1.165) is 5.56 Å². The summed E-state index contributed by atoms with van der Waals surface area (Å²) in [5.41, 5.74) is 1.44. The smallest absolute Gasteiger partial charge is 0.315 e. The maximum absolute atomic E-state index is 11.2. The van der Waals surface area contributed by atoms with Gasteiger partial charge in [-0.3, -0.25) is 14.9 Å². The quantitative estimate of drug-likeness (QED) is 0.470. The van der Waals surface area contributed by atoms with Gasteiger partial charge in [-0.25, -0.2) is 0 Å². The number of benzene rings is 1. The molecule has 0 fully saturated rings. The first-order valence-corrected chi connectivity index (χ1v) is 6.92. The Bertz CT molecular complexity index is 465. The zero-order valence-corrected chi connectivity index (χ0v) is 11.7.